The predicted molar refractivity (Wildman–Crippen MR) is 77.4 cm³/mol. The molecule has 17 heavy (non-hydrogen) atoms. The van der Waals surface area contributed by atoms with Gasteiger partial charge in [-0.2, -0.15) is 0 Å². The first kappa shape index (κ1) is 14.0. The first-order valence-corrected chi connectivity index (χ1v) is 9.33. The van der Waals surface area contributed by atoms with Crippen LogP contribution in [0, 0.1) is 6.92 Å². The number of hydrogen-bond donors (Lipinski definition) is 1. The zero-order chi connectivity index (χ0) is 12.6. The van der Waals surface area contributed by atoms with Gasteiger partial charge in [-0.25, -0.2) is 13.1 Å². The molecule has 1 fully saturated rings. The highest BCUT2D eigenvalue weighted by molar-refractivity contribution is 9.11. The monoisotopic (exact) mass is 401 g/mol. The molecule has 96 valence electrons. The fourth-order valence-electron chi connectivity index (χ4n) is 2.01. The minimum atomic E-state index is -3.39. The fourth-order valence-corrected chi connectivity index (χ4v) is 6.63. The van der Waals surface area contributed by atoms with Gasteiger partial charge < -0.3 is 0 Å². The van der Waals surface area contributed by atoms with Crippen LogP contribution in [0.2, 0.25) is 0 Å². The Morgan fingerprint density at radius 3 is 2.65 bits per heavy atom. The largest absolute Gasteiger partial charge is 0.241 e. The third-order valence-electron chi connectivity index (χ3n) is 2.87. The molecule has 0 aromatic carbocycles. The van der Waals surface area contributed by atoms with Crippen molar-refractivity contribution in [2.24, 2.45) is 0 Å². The van der Waals surface area contributed by atoms with Gasteiger partial charge in [0, 0.05) is 15.7 Å². The maximum atomic E-state index is 12.2. The number of hydrogen-bond acceptors (Lipinski definition) is 3. The van der Waals surface area contributed by atoms with Crippen molar-refractivity contribution in [3.63, 3.8) is 0 Å². The Kier molecular flexibility index (Phi) is 4.35. The number of thiophene rings is 1. The van der Waals surface area contributed by atoms with Crippen molar-refractivity contribution in [3.05, 3.63) is 14.7 Å². The summed E-state index contributed by atoms with van der Waals surface area (Å²) in [7, 11) is -3.39. The molecule has 1 heterocycles. The van der Waals surface area contributed by atoms with Crippen LogP contribution in [0.25, 0.3) is 0 Å². The van der Waals surface area contributed by atoms with E-state index in [1.54, 1.807) is 6.07 Å². The van der Waals surface area contributed by atoms with E-state index < -0.39 is 10.0 Å². The molecule has 3 nitrogen and oxygen atoms in total. The normalized spacial score (nSPS) is 25.4. The van der Waals surface area contributed by atoms with Crippen molar-refractivity contribution in [1.82, 2.24) is 4.72 Å². The summed E-state index contributed by atoms with van der Waals surface area (Å²) in [5.41, 5.74) is 0. The summed E-state index contributed by atoms with van der Waals surface area (Å²) in [6, 6.07) is 1.68. The van der Waals surface area contributed by atoms with Gasteiger partial charge in [-0.1, -0.05) is 22.4 Å². The van der Waals surface area contributed by atoms with Crippen LogP contribution in [0.4, 0.5) is 0 Å². The molecule has 0 radical (unpaired) electrons. The number of alkyl halides is 1. The Labute approximate surface area is 122 Å². The molecule has 2 atom stereocenters. The number of sulfonamides is 1. The molecule has 2 unspecified atom stereocenters. The summed E-state index contributed by atoms with van der Waals surface area (Å²) >= 11 is 8.28. The first-order valence-electron chi connectivity index (χ1n) is 5.32. The Hall–Kier alpha value is 0.570. The second-order valence-corrected chi connectivity index (χ2v) is 9.64. The molecule has 0 aliphatic heterocycles. The van der Waals surface area contributed by atoms with Gasteiger partial charge >= 0.3 is 0 Å². The lowest BCUT2D eigenvalue weighted by Crippen LogP contribution is -2.37. The van der Waals surface area contributed by atoms with E-state index in [-0.39, 0.29) is 10.9 Å². The second kappa shape index (κ2) is 5.28. The molecule has 0 bridgehead atoms. The van der Waals surface area contributed by atoms with E-state index in [1.807, 2.05) is 6.92 Å². The maximum absolute atomic E-state index is 12.2. The number of halogens is 2. The first-order chi connectivity index (χ1) is 7.90. The second-order valence-electron chi connectivity index (χ2n) is 4.15. The van der Waals surface area contributed by atoms with Crippen molar-refractivity contribution < 1.29 is 8.42 Å². The molecule has 1 aliphatic rings. The van der Waals surface area contributed by atoms with Crippen molar-refractivity contribution in [2.45, 2.75) is 42.0 Å². The molecule has 1 N–H and O–H groups in total. The third-order valence-corrected chi connectivity index (χ3v) is 7.26. The zero-order valence-corrected chi connectivity index (χ0v) is 14.0. The lowest BCUT2D eigenvalue weighted by atomic mass is 10.3. The summed E-state index contributed by atoms with van der Waals surface area (Å²) < 4.78 is 28.1. The molecule has 1 saturated carbocycles. The van der Waals surface area contributed by atoms with Gasteiger partial charge in [0.25, 0.3) is 0 Å². The highest BCUT2D eigenvalue weighted by atomic mass is 79.9. The van der Waals surface area contributed by atoms with Crippen molar-refractivity contribution in [1.29, 1.82) is 0 Å². The predicted octanol–water partition coefficient (Wildman–Crippen LogP) is 3.41. The van der Waals surface area contributed by atoms with Crippen LogP contribution >= 0.6 is 43.2 Å². The van der Waals surface area contributed by atoms with Crippen LogP contribution in [0.5, 0.6) is 0 Å². The van der Waals surface area contributed by atoms with Crippen LogP contribution in [-0.4, -0.2) is 19.3 Å². The van der Waals surface area contributed by atoms with Crippen molar-refractivity contribution in [2.75, 3.05) is 0 Å². The van der Waals surface area contributed by atoms with E-state index in [0.29, 0.717) is 4.90 Å². The van der Waals surface area contributed by atoms with E-state index in [9.17, 15) is 8.42 Å². The van der Waals surface area contributed by atoms with E-state index in [1.165, 1.54) is 11.3 Å². The smallest absolute Gasteiger partial charge is 0.207 e. The molecular weight excluding hydrogens is 390 g/mol. The number of aryl methyl sites for hydroxylation is 1. The van der Waals surface area contributed by atoms with E-state index in [2.05, 4.69) is 36.6 Å². The molecule has 0 saturated heterocycles. The standard InChI is InChI=1S/C10H13Br2NO2S2/c1-6-9(5-10(12)16-6)17(14,15)13-8-4-2-3-7(8)11/h5,7-8,13H,2-4H2,1H3. The van der Waals surface area contributed by atoms with Gasteiger partial charge in [-0.15, -0.1) is 11.3 Å². The van der Waals surface area contributed by atoms with Crippen LogP contribution in [0.3, 0.4) is 0 Å². The summed E-state index contributed by atoms with van der Waals surface area (Å²) in [6.07, 6.45) is 2.99. The molecule has 1 aliphatic carbocycles. The Morgan fingerprint density at radius 1 is 1.47 bits per heavy atom. The van der Waals surface area contributed by atoms with Crippen LogP contribution in [-0.2, 0) is 10.0 Å². The van der Waals surface area contributed by atoms with Crippen molar-refractivity contribution >= 4 is 53.2 Å². The minimum absolute atomic E-state index is 0.0121. The third kappa shape index (κ3) is 3.12. The molecule has 1 aromatic rings. The van der Waals surface area contributed by atoms with Gasteiger partial charge in [0.05, 0.1) is 8.68 Å². The Bertz CT molecular complexity index is 512. The van der Waals surface area contributed by atoms with Gasteiger partial charge in [-0.05, 0) is 41.8 Å². The Balaban J connectivity index is 2.22. The average Bonchev–Trinajstić information content (AvgIpc) is 2.74. The number of nitrogens with one attached hydrogen (secondary N) is 1. The fraction of sp³-hybridized carbons (Fsp3) is 0.600. The van der Waals surface area contributed by atoms with Crippen LogP contribution in [0.1, 0.15) is 24.1 Å². The molecule has 1 aromatic heterocycles. The van der Waals surface area contributed by atoms with Crippen LogP contribution in [0.15, 0.2) is 14.7 Å². The maximum Gasteiger partial charge on any atom is 0.241 e. The van der Waals surface area contributed by atoms with E-state index in [4.69, 9.17) is 0 Å². The van der Waals surface area contributed by atoms with Crippen LogP contribution < -0.4 is 4.72 Å². The van der Waals surface area contributed by atoms with E-state index in [0.717, 1.165) is 27.9 Å². The molecule has 7 heteroatoms. The Morgan fingerprint density at radius 2 is 2.18 bits per heavy atom. The number of rotatable bonds is 3. The molecule has 0 amide bonds. The molecule has 0 spiro atoms. The quantitative estimate of drug-likeness (QED) is 0.787. The summed E-state index contributed by atoms with van der Waals surface area (Å²) in [5.74, 6) is 0. The minimum Gasteiger partial charge on any atom is -0.207 e. The highest BCUT2D eigenvalue weighted by Gasteiger charge is 2.30. The highest BCUT2D eigenvalue weighted by Crippen LogP contribution is 2.31. The summed E-state index contributed by atoms with van der Waals surface area (Å²) in [4.78, 5) is 1.45. The summed E-state index contributed by atoms with van der Waals surface area (Å²) in [5, 5.41) is 0. The van der Waals surface area contributed by atoms with Gasteiger partial charge in [0.2, 0.25) is 10.0 Å². The molecular formula is C10H13Br2NO2S2. The zero-order valence-electron chi connectivity index (χ0n) is 9.24. The lowest BCUT2D eigenvalue weighted by molar-refractivity contribution is 0.556. The topological polar surface area (TPSA) is 46.2 Å². The summed E-state index contributed by atoms with van der Waals surface area (Å²) in [6.45, 7) is 1.82. The van der Waals surface area contributed by atoms with Gasteiger partial charge in [0.1, 0.15) is 0 Å². The lowest BCUT2D eigenvalue weighted by Gasteiger charge is -2.16. The van der Waals surface area contributed by atoms with Gasteiger partial charge in [0.15, 0.2) is 0 Å². The van der Waals surface area contributed by atoms with Crippen molar-refractivity contribution in [3.8, 4) is 0 Å². The van der Waals surface area contributed by atoms with E-state index >= 15 is 0 Å². The van der Waals surface area contributed by atoms with Gasteiger partial charge in [-0.3, -0.25) is 0 Å². The molecule has 2 rings (SSSR count). The SMILES string of the molecule is Cc1sc(Br)cc1S(=O)(=O)NC1CCCC1Br. The average molecular weight is 403 g/mol.